The lowest BCUT2D eigenvalue weighted by Gasteiger charge is -2.07. The number of hydrogen-bond donors (Lipinski definition) is 0. The van der Waals surface area contributed by atoms with E-state index in [1.807, 2.05) is 48.5 Å². The van der Waals surface area contributed by atoms with E-state index in [4.69, 9.17) is 46.4 Å². The first-order chi connectivity index (χ1) is 13.7. The molecular weight excluding hydrogens is 430 g/mol. The first kappa shape index (κ1) is 21.3. The number of hydrogen-bond acceptors (Lipinski definition) is 0. The molecule has 0 radical (unpaired) electrons. The van der Waals surface area contributed by atoms with Crippen molar-refractivity contribution in [1.29, 1.82) is 0 Å². The molecule has 0 aromatic heterocycles. The Morgan fingerprint density at radius 1 is 0.357 bits per heavy atom. The van der Waals surface area contributed by atoms with E-state index in [1.165, 1.54) is 21.5 Å². The predicted molar refractivity (Wildman–Crippen MR) is 126 cm³/mol. The zero-order valence-corrected chi connectivity index (χ0v) is 18.3. The predicted octanol–water partition coefficient (Wildman–Crippen LogP) is 8.63. The van der Waals surface area contributed by atoms with Gasteiger partial charge in [0, 0.05) is 23.5 Å². The van der Waals surface area contributed by atoms with Crippen molar-refractivity contribution in [3.05, 3.63) is 95.1 Å². The number of benzene rings is 4. The van der Waals surface area contributed by atoms with Crippen molar-refractivity contribution in [2.45, 2.75) is 23.5 Å². The standard InChI is InChI=1S/2C12H10Cl2/c13-7-9-3-1-5-11-10(8-14)4-2-6-12(9)11;13-7-9-5-6-10(8-14)12-4-2-1-3-11(9)12/h2*1-6H,7-8H2. The number of rotatable bonds is 4. The summed E-state index contributed by atoms with van der Waals surface area (Å²) in [5, 5.41) is 4.84. The highest BCUT2D eigenvalue weighted by molar-refractivity contribution is 6.20. The van der Waals surface area contributed by atoms with Crippen LogP contribution >= 0.6 is 46.4 Å². The van der Waals surface area contributed by atoms with Crippen molar-refractivity contribution < 1.29 is 0 Å². The van der Waals surface area contributed by atoms with Crippen LogP contribution in [-0.2, 0) is 23.5 Å². The average Bonchev–Trinajstić information content (AvgIpc) is 2.77. The Morgan fingerprint density at radius 3 is 0.964 bits per heavy atom. The summed E-state index contributed by atoms with van der Waals surface area (Å²) in [6, 6.07) is 24.6. The SMILES string of the molecule is ClCc1ccc(CCl)c2ccccc12.ClCc1cccc2c(CCl)cccc12. The van der Waals surface area contributed by atoms with Gasteiger partial charge in [-0.3, -0.25) is 0 Å². The second-order valence-electron chi connectivity index (χ2n) is 6.39. The molecule has 4 rings (SSSR count). The van der Waals surface area contributed by atoms with Crippen LogP contribution in [0.15, 0.2) is 72.8 Å². The molecule has 0 atom stereocenters. The maximum Gasteiger partial charge on any atom is 0.0480 e. The fraction of sp³-hybridized carbons (Fsp3) is 0.167. The first-order valence-corrected chi connectivity index (χ1v) is 11.1. The van der Waals surface area contributed by atoms with Crippen molar-refractivity contribution in [2.75, 3.05) is 0 Å². The summed E-state index contributed by atoms with van der Waals surface area (Å²) in [5.41, 5.74) is 4.65. The highest BCUT2D eigenvalue weighted by atomic mass is 35.5. The molecule has 0 heterocycles. The summed E-state index contributed by atoms with van der Waals surface area (Å²) < 4.78 is 0. The van der Waals surface area contributed by atoms with Gasteiger partial charge >= 0.3 is 0 Å². The van der Waals surface area contributed by atoms with Gasteiger partial charge in [-0.05, 0) is 43.8 Å². The normalized spacial score (nSPS) is 10.7. The number of halogens is 4. The van der Waals surface area contributed by atoms with E-state index in [0.29, 0.717) is 23.5 Å². The van der Waals surface area contributed by atoms with E-state index in [9.17, 15) is 0 Å². The van der Waals surface area contributed by atoms with Crippen LogP contribution in [0.5, 0.6) is 0 Å². The largest absolute Gasteiger partial charge is 0.122 e. The van der Waals surface area contributed by atoms with Gasteiger partial charge in [-0.15, -0.1) is 46.4 Å². The molecule has 0 amide bonds. The molecule has 0 spiro atoms. The lowest BCUT2D eigenvalue weighted by molar-refractivity contribution is 1.39. The Bertz CT molecular complexity index is 946. The molecule has 0 saturated carbocycles. The third-order valence-electron chi connectivity index (χ3n) is 4.78. The molecule has 0 aliphatic heterocycles. The molecule has 0 aliphatic carbocycles. The number of fused-ring (bicyclic) bond motifs is 2. The van der Waals surface area contributed by atoms with Gasteiger partial charge < -0.3 is 0 Å². The van der Waals surface area contributed by atoms with Crippen LogP contribution < -0.4 is 0 Å². The van der Waals surface area contributed by atoms with Gasteiger partial charge in [-0.1, -0.05) is 72.8 Å². The molecule has 0 bridgehead atoms. The molecule has 0 saturated heterocycles. The smallest absolute Gasteiger partial charge is 0.0480 e. The molecule has 0 N–H and O–H groups in total. The van der Waals surface area contributed by atoms with Gasteiger partial charge in [0.15, 0.2) is 0 Å². The Labute approximate surface area is 186 Å². The molecular formula is C24H20Cl4. The highest BCUT2D eigenvalue weighted by Crippen LogP contribution is 2.25. The van der Waals surface area contributed by atoms with Crippen LogP contribution in [0.2, 0.25) is 0 Å². The molecule has 4 heteroatoms. The molecule has 4 aromatic carbocycles. The molecule has 144 valence electrons. The van der Waals surface area contributed by atoms with E-state index in [0.717, 1.165) is 22.3 Å². The summed E-state index contributed by atoms with van der Waals surface area (Å²) in [6.45, 7) is 0. The van der Waals surface area contributed by atoms with Crippen LogP contribution in [0.1, 0.15) is 22.3 Å². The fourth-order valence-corrected chi connectivity index (χ4v) is 4.26. The summed E-state index contributed by atoms with van der Waals surface area (Å²) in [7, 11) is 0. The second-order valence-corrected chi connectivity index (χ2v) is 7.46. The Morgan fingerprint density at radius 2 is 0.643 bits per heavy atom. The van der Waals surface area contributed by atoms with Gasteiger partial charge in [0.1, 0.15) is 0 Å². The van der Waals surface area contributed by atoms with Crippen LogP contribution in [0.25, 0.3) is 21.5 Å². The summed E-state index contributed by atoms with van der Waals surface area (Å²) in [6.07, 6.45) is 0. The maximum atomic E-state index is 5.87. The minimum Gasteiger partial charge on any atom is -0.122 e. The molecule has 0 unspecified atom stereocenters. The Kier molecular flexibility index (Phi) is 7.88. The molecule has 28 heavy (non-hydrogen) atoms. The summed E-state index contributed by atoms with van der Waals surface area (Å²) >= 11 is 23.5. The molecule has 0 fully saturated rings. The monoisotopic (exact) mass is 448 g/mol. The van der Waals surface area contributed by atoms with Crippen LogP contribution in [0.4, 0.5) is 0 Å². The van der Waals surface area contributed by atoms with E-state index >= 15 is 0 Å². The average molecular weight is 450 g/mol. The quantitative estimate of drug-likeness (QED) is 0.273. The minimum absolute atomic E-state index is 0.545. The lowest BCUT2D eigenvalue weighted by atomic mass is 10.0. The maximum absolute atomic E-state index is 5.87. The van der Waals surface area contributed by atoms with Crippen molar-refractivity contribution in [2.24, 2.45) is 0 Å². The van der Waals surface area contributed by atoms with Crippen molar-refractivity contribution in [3.63, 3.8) is 0 Å². The topological polar surface area (TPSA) is 0 Å². The van der Waals surface area contributed by atoms with E-state index in [1.54, 1.807) is 0 Å². The van der Waals surface area contributed by atoms with Gasteiger partial charge in [-0.25, -0.2) is 0 Å². The Balaban J connectivity index is 0.000000161. The summed E-state index contributed by atoms with van der Waals surface area (Å²) in [4.78, 5) is 0. The zero-order valence-electron chi connectivity index (χ0n) is 15.3. The fourth-order valence-electron chi connectivity index (χ4n) is 3.33. The highest BCUT2D eigenvalue weighted by Gasteiger charge is 2.04. The van der Waals surface area contributed by atoms with E-state index < -0.39 is 0 Å². The molecule has 0 aliphatic rings. The summed E-state index contributed by atoms with van der Waals surface area (Å²) in [5.74, 6) is 2.18. The van der Waals surface area contributed by atoms with Crippen LogP contribution in [0.3, 0.4) is 0 Å². The third-order valence-corrected chi connectivity index (χ3v) is 5.93. The van der Waals surface area contributed by atoms with Crippen molar-refractivity contribution in [1.82, 2.24) is 0 Å². The van der Waals surface area contributed by atoms with Crippen molar-refractivity contribution >= 4 is 67.9 Å². The van der Waals surface area contributed by atoms with Gasteiger partial charge in [-0.2, -0.15) is 0 Å². The van der Waals surface area contributed by atoms with E-state index in [-0.39, 0.29) is 0 Å². The third kappa shape index (κ3) is 4.58. The van der Waals surface area contributed by atoms with Crippen molar-refractivity contribution in [3.8, 4) is 0 Å². The minimum atomic E-state index is 0.545. The van der Waals surface area contributed by atoms with Gasteiger partial charge in [0.2, 0.25) is 0 Å². The number of alkyl halides is 4. The Hall–Kier alpha value is -1.44. The van der Waals surface area contributed by atoms with Gasteiger partial charge in [0.25, 0.3) is 0 Å². The second kappa shape index (κ2) is 10.4. The van der Waals surface area contributed by atoms with E-state index in [2.05, 4.69) is 24.3 Å². The van der Waals surface area contributed by atoms with Crippen LogP contribution in [0, 0.1) is 0 Å². The zero-order chi connectivity index (χ0) is 19.9. The van der Waals surface area contributed by atoms with Gasteiger partial charge in [0.05, 0.1) is 0 Å². The molecule has 4 aromatic rings. The van der Waals surface area contributed by atoms with Crippen LogP contribution in [-0.4, -0.2) is 0 Å². The molecule has 0 nitrogen and oxygen atoms in total. The lowest BCUT2D eigenvalue weighted by Crippen LogP contribution is -1.86. The first-order valence-electron chi connectivity index (χ1n) is 8.96.